The number of aryl methyl sites for hydroxylation is 1. The number of rotatable bonds is 7. The molecule has 0 aliphatic carbocycles. The van der Waals surface area contributed by atoms with Gasteiger partial charge in [-0.25, -0.2) is 4.98 Å². The lowest BCUT2D eigenvalue weighted by molar-refractivity contribution is -0.127. The van der Waals surface area contributed by atoms with Crippen molar-refractivity contribution in [2.45, 2.75) is 38.6 Å². The van der Waals surface area contributed by atoms with Crippen molar-refractivity contribution in [1.82, 2.24) is 19.8 Å². The molecule has 0 spiro atoms. The van der Waals surface area contributed by atoms with E-state index in [-0.39, 0.29) is 24.0 Å². The number of nitrogens with one attached hydrogen (secondary N) is 1. The maximum Gasteiger partial charge on any atom is 0.261 e. The summed E-state index contributed by atoms with van der Waals surface area (Å²) in [4.78, 5) is 42.5. The van der Waals surface area contributed by atoms with Gasteiger partial charge in [0.05, 0.1) is 10.9 Å². The molecule has 1 fully saturated rings. The van der Waals surface area contributed by atoms with Gasteiger partial charge in [-0.2, -0.15) is 0 Å². The van der Waals surface area contributed by atoms with Crippen molar-refractivity contribution < 1.29 is 14.3 Å². The Labute approximate surface area is 162 Å². The number of nitrogens with zero attached hydrogens (tertiary/aromatic N) is 3. The van der Waals surface area contributed by atoms with Crippen LogP contribution in [0.2, 0.25) is 0 Å². The first-order valence-electron chi connectivity index (χ1n) is 9.82. The first kappa shape index (κ1) is 18.5. The van der Waals surface area contributed by atoms with Gasteiger partial charge in [-0.15, -0.1) is 0 Å². The Morgan fingerprint density at radius 3 is 2.86 bits per heavy atom. The lowest BCUT2D eigenvalue weighted by atomic mass is 10.2. The first-order valence-corrected chi connectivity index (χ1v) is 9.82. The van der Waals surface area contributed by atoms with Crippen molar-refractivity contribution >= 4 is 22.7 Å². The summed E-state index contributed by atoms with van der Waals surface area (Å²) in [5.74, 6) is 1.28. The summed E-state index contributed by atoms with van der Waals surface area (Å²) in [6.07, 6.45) is 4.05. The van der Waals surface area contributed by atoms with E-state index in [0.29, 0.717) is 42.7 Å². The summed E-state index contributed by atoms with van der Waals surface area (Å²) in [5.41, 5.74) is 0.607. The number of likely N-dealkylation sites (tertiary alicyclic amines) is 1. The van der Waals surface area contributed by atoms with Gasteiger partial charge >= 0.3 is 0 Å². The van der Waals surface area contributed by atoms with E-state index in [1.165, 1.54) is 0 Å². The fourth-order valence-corrected chi connectivity index (χ4v) is 3.79. The molecule has 4 rings (SSSR count). The molecule has 0 radical (unpaired) electrons. The van der Waals surface area contributed by atoms with Crippen LogP contribution in [0.15, 0.2) is 23.0 Å². The normalized spacial score (nSPS) is 15.9. The third-order valence-electron chi connectivity index (χ3n) is 5.26. The summed E-state index contributed by atoms with van der Waals surface area (Å²) >= 11 is 0. The van der Waals surface area contributed by atoms with E-state index < -0.39 is 0 Å². The largest absolute Gasteiger partial charge is 0.484 e. The van der Waals surface area contributed by atoms with Gasteiger partial charge in [0.2, 0.25) is 5.91 Å². The third kappa shape index (κ3) is 3.85. The number of carbonyl (C=O) groups excluding carboxylic acids is 2. The van der Waals surface area contributed by atoms with Crippen molar-refractivity contribution in [2.24, 2.45) is 0 Å². The molecule has 2 aromatic rings. The zero-order valence-electron chi connectivity index (χ0n) is 15.8. The van der Waals surface area contributed by atoms with Crippen LogP contribution in [-0.4, -0.2) is 52.5 Å². The minimum Gasteiger partial charge on any atom is -0.484 e. The highest BCUT2D eigenvalue weighted by molar-refractivity contribution is 5.80. The number of aromatic nitrogens is 2. The van der Waals surface area contributed by atoms with E-state index in [0.717, 1.165) is 38.1 Å². The van der Waals surface area contributed by atoms with Crippen LogP contribution in [0.25, 0.3) is 10.9 Å². The molecule has 2 aliphatic rings. The predicted octanol–water partition coefficient (Wildman–Crippen LogP) is 0.850. The first-order chi connectivity index (χ1) is 13.6. The molecule has 1 N–H and O–H groups in total. The summed E-state index contributed by atoms with van der Waals surface area (Å²) in [5, 5.41) is 3.31. The van der Waals surface area contributed by atoms with E-state index in [1.807, 2.05) is 4.90 Å². The van der Waals surface area contributed by atoms with Crippen LogP contribution in [0.3, 0.4) is 0 Å². The number of benzene rings is 1. The molecule has 8 heteroatoms. The van der Waals surface area contributed by atoms with Crippen molar-refractivity contribution in [3.8, 4) is 5.75 Å². The Hall–Kier alpha value is -2.90. The van der Waals surface area contributed by atoms with Crippen LogP contribution in [0.1, 0.15) is 31.5 Å². The SMILES string of the molecule is O=C(COc1ccc2nc3n(c(=O)c2c1)CCC3)NCCCN1CCCC1=O. The number of ether oxygens (including phenoxy) is 1. The van der Waals surface area contributed by atoms with Gasteiger partial charge in [0.15, 0.2) is 6.61 Å². The highest BCUT2D eigenvalue weighted by Crippen LogP contribution is 2.19. The number of fused-ring (bicyclic) bond motifs is 2. The van der Waals surface area contributed by atoms with Gasteiger partial charge in [0, 0.05) is 39.0 Å². The molecule has 0 unspecified atom stereocenters. The van der Waals surface area contributed by atoms with Crippen LogP contribution in [0, 0.1) is 0 Å². The average Bonchev–Trinajstić information content (AvgIpc) is 3.33. The van der Waals surface area contributed by atoms with Gasteiger partial charge < -0.3 is 15.0 Å². The second kappa shape index (κ2) is 8.00. The summed E-state index contributed by atoms with van der Waals surface area (Å²) in [6, 6.07) is 5.14. The summed E-state index contributed by atoms with van der Waals surface area (Å²) in [6.45, 7) is 2.57. The van der Waals surface area contributed by atoms with Crippen molar-refractivity contribution in [1.29, 1.82) is 0 Å². The predicted molar refractivity (Wildman–Crippen MR) is 103 cm³/mol. The number of carbonyl (C=O) groups is 2. The lowest BCUT2D eigenvalue weighted by Crippen LogP contribution is -2.33. The molecular formula is C20H24N4O4. The molecule has 28 heavy (non-hydrogen) atoms. The number of hydrogen-bond donors (Lipinski definition) is 1. The third-order valence-corrected chi connectivity index (χ3v) is 5.26. The monoisotopic (exact) mass is 384 g/mol. The molecule has 1 aromatic heterocycles. The fourth-order valence-electron chi connectivity index (χ4n) is 3.79. The van der Waals surface area contributed by atoms with Gasteiger partial charge in [-0.05, 0) is 37.5 Å². The maximum atomic E-state index is 12.6. The van der Waals surface area contributed by atoms with E-state index in [4.69, 9.17) is 4.74 Å². The molecule has 0 bridgehead atoms. The van der Waals surface area contributed by atoms with E-state index in [9.17, 15) is 14.4 Å². The van der Waals surface area contributed by atoms with Gasteiger partial charge in [-0.3, -0.25) is 19.0 Å². The number of amides is 2. The molecule has 8 nitrogen and oxygen atoms in total. The van der Waals surface area contributed by atoms with Crippen LogP contribution in [-0.2, 0) is 22.6 Å². The Kier molecular flexibility index (Phi) is 5.27. The van der Waals surface area contributed by atoms with Crippen molar-refractivity contribution in [3.05, 3.63) is 34.4 Å². The second-order valence-corrected chi connectivity index (χ2v) is 7.24. The van der Waals surface area contributed by atoms with Crippen molar-refractivity contribution in [2.75, 3.05) is 26.2 Å². The summed E-state index contributed by atoms with van der Waals surface area (Å²) < 4.78 is 7.26. The van der Waals surface area contributed by atoms with E-state index >= 15 is 0 Å². The highest BCUT2D eigenvalue weighted by Gasteiger charge is 2.19. The Balaban J connectivity index is 1.28. The molecular weight excluding hydrogens is 360 g/mol. The molecule has 2 aliphatic heterocycles. The van der Waals surface area contributed by atoms with Crippen LogP contribution in [0.4, 0.5) is 0 Å². The van der Waals surface area contributed by atoms with Crippen LogP contribution < -0.4 is 15.6 Å². The smallest absolute Gasteiger partial charge is 0.261 e. The highest BCUT2D eigenvalue weighted by atomic mass is 16.5. The summed E-state index contributed by atoms with van der Waals surface area (Å²) in [7, 11) is 0. The van der Waals surface area contributed by atoms with Gasteiger partial charge in [0.1, 0.15) is 11.6 Å². The van der Waals surface area contributed by atoms with Crippen molar-refractivity contribution in [3.63, 3.8) is 0 Å². The van der Waals surface area contributed by atoms with Gasteiger partial charge in [-0.1, -0.05) is 0 Å². The van der Waals surface area contributed by atoms with Crippen LogP contribution in [0.5, 0.6) is 5.75 Å². The minimum atomic E-state index is -0.225. The second-order valence-electron chi connectivity index (χ2n) is 7.24. The van der Waals surface area contributed by atoms with Gasteiger partial charge in [0.25, 0.3) is 11.5 Å². The fraction of sp³-hybridized carbons (Fsp3) is 0.500. The Bertz CT molecular complexity index is 969. The topological polar surface area (TPSA) is 93.5 Å². The molecule has 1 saturated heterocycles. The average molecular weight is 384 g/mol. The quantitative estimate of drug-likeness (QED) is 0.715. The zero-order chi connectivity index (χ0) is 19.5. The van der Waals surface area contributed by atoms with E-state index in [1.54, 1.807) is 22.8 Å². The maximum absolute atomic E-state index is 12.6. The number of hydrogen-bond acceptors (Lipinski definition) is 5. The molecule has 1 aromatic carbocycles. The van der Waals surface area contributed by atoms with Crippen LogP contribution >= 0.6 is 0 Å². The van der Waals surface area contributed by atoms with E-state index in [2.05, 4.69) is 10.3 Å². The Morgan fingerprint density at radius 2 is 2.04 bits per heavy atom. The zero-order valence-corrected chi connectivity index (χ0v) is 15.8. The molecule has 0 saturated carbocycles. The minimum absolute atomic E-state index is 0.0520. The molecule has 3 heterocycles. The lowest BCUT2D eigenvalue weighted by Gasteiger charge is -2.15. The Morgan fingerprint density at radius 1 is 1.18 bits per heavy atom. The molecule has 0 atom stereocenters. The molecule has 2 amide bonds. The molecule has 148 valence electrons. The standard InChI is InChI=1S/C20H24N4O4/c25-18(21-8-3-10-23-9-2-5-19(23)26)13-28-14-6-7-16-15(12-14)20(27)24-11-1-4-17(24)22-16/h6-7,12H,1-5,8-11,13H2,(H,21,25).